The molecule has 0 saturated carbocycles. The van der Waals surface area contributed by atoms with E-state index in [-0.39, 0.29) is 11.7 Å². The Morgan fingerprint density at radius 1 is 1.16 bits per heavy atom. The number of hydrogen-bond acceptors (Lipinski definition) is 4. The summed E-state index contributed by atoms with van der Waals surface area (Å²) in [7, 11) is 0. The van der Waals surface area contributed by atoms with Crippen LogP contribution in [0.2, 0.25) is 0 Å². The second kappa shape index (κ2) is 7.80. The zero-order chi connectivity index (χ0) is 17.8. The highest BCUT2D eigenvalue weighted by Gasteiger charge is 2.30. The third-order valence-corrected chi connectivity index (χ3v) is 5.06. The Morgan fingerprint density at radius 2 is 1.84 bits per heavy atom. The van der Waals surface area contributed by atoms with Gasteiger partial charge in [-0.05, 0) is 48.4 Å². The summed E-state index contributed by atoms with van der Waals surface area (Å²) in [4.78, 5) is 14.4. The van der Waals surface area contributed by atoms with E-state index in [9.17, 15) is 9.18 Å². The van der Waals surface area contributed by atoms with E-state index in [0.29, 0.717) is 28.1 Å². The maximum absolute atomic E-state index is 12.9. The lowest BCUT2D eigenvalue weighted by Crippen LogP contribution is -2.27. The van der Waals surface area contributed by atoms with Crippen molar-refractivity contribution in [1.29, 1.82) is 0 Å². The Morgan fingerprint density at radius 3 is 2.44 bits per heavy atom. The van der Waals surface area contributed by atoms with Crippen molar-refractivity contribution in [2.75, 3.05) is 6.54 Å². The first-order chi connectivity index (χ1) is 12.1. The van der Waals surface area contributed by atoms with Crippen LogP contribution in [0.5, 0.6) is 5.75 Å². The molecule has 6 heteroatoms. The summed E-state index contributed by atoms with van der Waals surface area (Å²) in [6.07, 6.45) is 1.83. The summed E-state index contributed by atoms with van der Waals surface area (Å²) >= 11 is 6.52. The van der Waals surface area contributed by atoms with Crippen molar-refractivity contribution in [1.82, 2.24) is 4.90 Å². The first-order valence-electron chi connectivity index (χ1n) is 7.79. The van der Waals surface area contributed by atoms with Crippen LogP contribution in [0.15, 0.2) is 53.4 Å². The van der Waals surface area contributed by atoms with Crippen LogP contribution < -0.4 is 4.74 Å². The number of amides is 1. The van der Waals surface area contributed by atoms with E-state index >= 15 is 0 Å². The smallest absolute Gasteiger partial charge is 0.266 e. The second-order valence-corrected chi connectivity index (χ2v) is 7.09. The summed E-state index contributed by atoms with van der Waals surface area (Å²) in [5.41, 5.74) is 1.81. The minimum atomic E-state index is -0.262. The monoisotopic (exact) mass is 373 g/mol. The highest BCUT2D eigenvalue weighted by molar-refractivity contribution is 8.26. The fourth-order valence-electron chi connectivity index (χ4n) is 2.33. The van der Waals surface area contributed by atoms with Gasteiger partial charge in [0.2, 0.25) is 0 Å². The van der Waals surface area contributed by atoms with Gasteiger partial charge < -0.3 is 4.74 Å². The summed E-state index contributed by atoms with van der Waals surface area (Å²) in [5.74, 6) is 0.401. The molecule has 0 atom stereocenters. The lowest BCUT2D eigenvalue weighted by atomic mass is 10.2. The van der Waals surface area contributed by atoms with Gasteiger partial charge in [0.1, 0.15) is 22.5 Å². The molecule has 3 rings (SSSR count). The zero-order valence-corrected chi connectivity index (χ0v) is 15.2. The average molecular weight is 373 g/mol. The molecule has 1 saturated heterocycles. The van der Waals surface area contributed by atoms with E-state index in [0.717, 1.165) is 11.1 Å². The van der Waals surface area contributed by atoms with Crippen LogP contribution in [0, 0.1) is 5.82 Å². The van der Waals surface area contributed by atoms with Gasteiger partial charge in [-0.3, -0.25) is 9.69 Å². The standard InChI is InChI=1S/C19H16FNO2S2/c1-2-21-18(22)17(25-19(21)24)11-13-5-9-16(10-6-13)23-12-14-3-7-15(20)8-4-14/h3-11H,2,12H2,1H3/b17-11+. The molecule has 3 nitrogen and oxygen atoms in total. The van der Waals surface area contributed by atoms with Crippen molar-refractivity contribution >= 4 is 40.3 Å². The van der Waals surface area contributed by atoms with E-state index in [1.165, 1.54) is 23.9 Å². The van der Waals surface area contributed by atoms with Crippen LogP contribution in [-0.4, -0.2) is 21.7 Å². The molecule has 1 aliphatic heterocycles. The van der Waals surface area contributed by atoms with E-state index in [1.54, 1.807) is 17.0 Å². The van der Waals surface area contributed by atoms with Crippen LogP contribution in [0.3, 0.4) is 0 Å². The molecule has 25 heavy (non-hydrogen) atoms. The van der Waals surface area contributed by atoms with E-state index in [2.05, 4.69) is 0 Å². The second-order valence-electron chi connectivity index (χ2n) is 5.41. The molecule has 0 unspecified atom stereocenters. The van der Waals surface area contributed by atoms with Gasteiger partial charge in [0, 0.05) is 6.54 Å². The molecule has 1 fully saturated rings. The molecule has 0 spiro atoms. The van der Waals surface area contributed by atoms with Crippen molar-refractivity contribution in [3.05, 3.63) is 70.4 Å². The van der Waals surface area contributed by atoms with Crippen molar-refractivity contribution in [2.45, 2.75) is 13.5 Å². The fraction of sp³-hybridized carbons (Fsp3) is 0.158. The molecule has 128 valence electrons. The number of rotatable bonds is 5. The molecule has 0 N–H and O–H groups in total. The number of nitrogens with zero attached hydrogens (tertiary/aromatic N) is 1. The quantitative estimate of drug-likeness (QED) is 0.565. The number of halogens is 1. The van der Waals surface area contributed by atoms with Crippen molar-refractivity contribution < 1.29 is 13.9 Å². The van der Waals surface area contributed by atoms with Crippen molar-refractivity contribution in [3.8, 4) is 5.75 Å². The van der Waals surface area contributed by atoms with Gasteiger partial charge >= 0.3 is 0 Å². The SMILES string of the molecule is CCN1C(=O)/C(=C\c2ccc(OCc3ccc(F)cc3)cc2)SC1=S. The highest BCUT2D eigenvalue weighted by Crippen LogP contribution is 2.32. The molecular weight excluding hydrogens is 357 g/mol. The topological polar surface area (TPSA) is 29.5 Å². The van der Waals surface area contributed by atoms with Gasteiger partial charge in [-0.25, -0.2) is 4.39 Å². The minimum Gasteiger partial charge on any atom is -0.489 e. The zero-order valence-electron chi connectivity index (χ0n) is 13.6. The molecule has 2 aromatic carbocycles. The largest absolute Gasteiger partial charge is 0.489 e. The van der Waals surface area contributed by atoms with Gasteiger partial charge in [0.15, 0.2) is 0 Å². The third kappa shape index (κ3) is 4.27. The lowest BCUT2D eigenvalue weighted by Gasteiger charge is -2.09. The summed E-state index contributed by atoms with van der Waals surface area (Å²) < 4.78 is 19.2. The molecular formula is C19H16FNO2S2. The summed E-state index contributed by atoms with van der Waals surface area (Å²) in [6, 6.07) is 13.7. The van der Waals surface area contributed by atoms with Crippen molar-refractivity contribution in [2.24, 2.45) is 0 Å². The summed E-state index contributed by atoms with van der Waals surface area (Å²) in [5, 5.41) is 0. The number of likely N-dealkylation sites (N-methyl/N-ethyl adjacent to an activating group) is 1. The predicted molar refractivity (Wildman–Crippen MR) is 103 cm³/mol. The Hall–Kier alpha value is -2.18. The molecule has 0 bridgehead atoms. The van der Waals surface area contributed by atoms with Crippen LogP contribution >= 0.6 is 24.0 Å². The van der Waals surface area contributed by atoms with Crippen LogP contribution in [0.25, 0.3) is 6.08 Å². The maximum atomic E-state index is 12.9. The van der Waals surface area contributed by atoms with Gasteiger partial charge in [-0.15, -0.1) is 0 Å². The first kappa shape index (κ1) is 17.6. The number of ether oxygens (including phenoxy) is 1. The maximum Gasteiger partial charge on any atom is 0.266 e. The van der Waals surface area contributed by atoms with E-state index < -0.39 is 0 Å². The first-order valence-corrected chi connectivity index (χ1v) is 9.02. The van der Waals surface area contributed by atoms with E-state index in [4.69, 9.17) is 17.0 Å². The molecule has 0 aromatic heterocycles. The predicted octanol–water partition coefficient (Wildman–Crippen LogP) is 4.63. The molecule has 0 radical (unpaired) electrons. The number of hydrogen-bond donors (Lipinski definition) is 0. The van der Waals surface area contributed by atoms with E-state index in [1.807, 2.05) is 37.3 Å². The van der Waals surface area contributed by atoms with Gasteiger partial charge in [-0.2, -0.15) is 0 Å². The van der Waals surface area contributed by atoms with Gasteiger partial charge in [0.25, 0.3) is 5.91 Å². The van der Waals surface area contributed by atoms with Gasteiger partial charge in [-0.1, -0.05) is 48.2 Å². The fourth-order valence-corrected chi connectivity index (χ4v) is 3.72. The molecule has 1 amide bonds. The average Bonchev–Trinajstić information content (AvgIpc) is 2.88. The molecule has 1 aliphatic rings. The summed E-state index contributed by atoms with van der Waals surface area (Å²) in [6.45, 7) is 2.86. The molecule has 2 aromatic rings. The molecule has 1 heterocycles. The molecule has 0 aliphatic carbocycles. The highest BCUT2D eigenvalue weighted by atomic mass is 32.2. The third-order valence-electron chi connectivity index (χ3n) is 3.69. The van der Waals surface area contributed by atoms with Crippen LogP contribution in [0.1, 0.15) is 18.1 Å². The lowest BCUT2D eigenvalue weighted by molar-refractivity contribution is -0.121. The van der Waals surface area contributed by atoms with Crippen LogP contribution in [0.4, 0.5) is 4.39 Å². The Balaban J connectivity index is 1.64. The number of benzene rings is 2. The number of thioether (sulfide) groups is 1. The normalized spacial score (nSPS) is 15.9. The Labute approximate surface area is 155 Å². The number of thiocarbonyl (C=S) groups is 1. The number of carbonyl (C=O) groups excluding carboxylic acids is 1. The Bertz CT molecular complexity index is 816. The van der Waals surface area contributed by atoms with Crippen molar-refractivity contribution in [3.63, 3.8) is 0 Å². The minimum absolute atomic E-state index is 0.0471. The van der Waals surface area contributed by atoms with Gasteiger partial charge in [0.05, 0.1) is 4.91 Å². The van der Waals surface area contributed by atoms with Crippen LogP contribution in [-0.2, 0) is 11.4 Å². The Kier molecular flexibility index (Phi) is 5.50. The number of carbonyl (C=O) groups is 1.